The van der Waals surface area contributed by atoms with Crippen molar-refractivity contribution in [1.82, 2.24) is 14.8 Å². The molecule has 1 aliphatic heterocycles. The van der Waals surface area contributed by atoms with Gasteiger partial charge in [0.15, 0.2) is 0 Å². The van der Waals surface area contributed by atoms with Crippen LogP contribution in [0.1, 0.15) is 18.9 Å². The van der Waals surface area contributed by atoms with Crippen LogP contribution in [0.25, 0.3) is 0 Å². The minimum atomic E-state index is 0.227. The van der Waals surface area contributed by atoms with E-state index in [1.54, 1.807) is 6.20 Å². The lowest BCUT2D eigenvalue weighted by Crippen LogP contribution is -2.43. The van der Waals surface area contributed by atoms with Gasteiger partial charge in [0.05, 0.1) is 6.61 Å². The largest absolute Gasteiger partial charge is 0.395 e. The summed E-state index contributed by atoms with van der Waals surface area (Å²) in [4.78, 5) is 8.87. The molecule has 1 N–H and O–H groups in total. The van der Waals surface area contributed by atoms with Gasteiger partial charge in [-0.1, -0.05) is 6.07 Å². The summed E-state index contributed by atoms with van der Waals surface area (Å²) < 4.78 is 0. The predicted octanol–water partition coefficient (Wildman–Crippen LogP) is 0.968. The van der Waals surface area contributed by atoms with Crippen LogP contribution in [0.5, 0.6) is 0 Å². The minimum absolute atomic E-state index is 0.227. The zero-order valence-corrected chi connectivity index (χ0v) is 11.3. The van der Waals surface area contributed by atoms with Crippen molar-refractivity contribution in [3.8, 4) is 0 Å². The van der Waals surface area contributed by atoms with Gasteiger partial charge < -0.3 is 5.11 Å². The van der Waals surface area contributed by atoms with Crippen molar-refractivity contribution in [2.24, 2.45) is 0 Å². The van der Waals surface area contributed by atoms with Gasteiger partial charge in [0.1, 0.15) is 0 Å². The molecular formula is C14H23N3O. The van der Waals surface area contributed by atoms with Crippen molar-refractivity contribution in [3.63, 3.8) is 0 Å². The van der Waals surface area contributed by atoms with Crippen molar-refractivity contribution < 1.29 is 5.11 Å². The number of likely N-dealkylation sites (N-methyl/N-ethyl adjacent to an activating group) is 1. The monoisotopic (exact) mass is 249 g/mol. The number of nitrogens with zero attached hydrogens (tertiary/aromatic N) is 3. The van der Waals surface area contributed by atoms with Crippen molar-refractivity contribution in [1.29, 1.82) is 0 Å². The molecule has 1 aromatic heterocycles. The molecule has 0 saturated carbocycles. The van der Waals surface area contributed by atoms with Crippen LogP contribution in [0.15, 0.2) is 24.5 Å². The van der Waals surface area contributed by atoms with Crippen molar-refractivity contribution >= 4 is 0 Å². The molecule has 2 unspecified atom stereocenters. The van der Waals surface area contributed by atoms with E-state index in [-0.39, 0.29) is 12.6 Å². The highest BCUT2D eigenvalue weighted by Crippen LogP contribution is 2.15. The first-order valence-electron chi connectivity index (χ1n) is 6.64. The number of pyridine rings is 1. The number of rotatable bonds is 3. The van der Waals surface area contributed by atoms with Gasteiger partial charge in [-0.15, -0.1) is 0 Å². The molecule has 0 bridgehead atoms. The van der Waals surface area contributed by atoms with Crippen LogP contribution < -0.4 is 0 Å². The molecule has 18 heavy (non-hydrogen) atoms. The highest BCUT2D eigenvalue weighted by molar-refractivity contribution is 5.08. The van der Waals surface area contributed by atoms with E-state index < -0.39 is 0 Å². The molecule has 1 fully saturated rings. The lowest BCUT2D eigenvalue weighted by molar-refractivity contribution is 0.108. The van der Waals surface area contributed by atoms with E-state index >= 15 is 0 Å². The lowest BCUT2D eigenvalue weighted by Gasteiger charge is -2.30. The van der Waals surface area contributed by atoms with E-state index in [0.717, 1.165) is 26.1 Å². The maximum absolute atomic E-state index is 9.51. The molecule has 0 amide bonds. The third-order valence-electron chi connectivity index (χ3n) is 3.94. The molecule has 1 saturated heterocycles. The third-order valence-corrected chi connectivity index (χ3v) is 3.94. The average molecular weight is 249 g/mol. The second kappa shape index (κ2) is 6.27. The summed E-state index contributed by atoms with van der Waals surface area (Å²) >= 11 is 0. The molecule has 4 heteroatoms. The Labute approximate surface area is 109 Å². The summed E-state index contributed by atoms with van der Waals surface area (Å²) in [7, 11) is 2.11. The Kier molecular flexibility index (Phi) is 4.69. The topological polar surface area (TPSA) is 39.6 Å². The Morgan fingerprint density at radius 2 is 2.33 bits per heavy atom. The van der Waals surface area contributed by atoms with Gasteiger partial charge >= 0.3 is 0 Å². The van der Waals surface area contributed by atoms with Crippen LogP contribution in [0.3, 0.4) is 0 Å². The molecule has 0 aliphatic carbocycles. The van der Waals surface area contributed by atoms with Crippen molar-refractivity contribution in [2.45, 2.75) is 32.0 Å². The minimum Gasteiger partial charge on any atom is -0.395 e. The Balaban J connectivity index is 2.01. The van der Waals surface area contributed by atoms with Crippen LogP contribution >= 0.6 is 0 Å². The summed E-state index contributed by atoms with van der Waals surface area (Å²) in [6, 6.07) is 4.85. The first-order chi connectivity index (χ1) is 8.70. The van der Waals surface area contributed by atoms with Gasteiger partial charge in [0.2, 0.25) is 0 Å². The van der Waals surface area contributed by atoms with Crippen LogP contribution in [0, 0.1) is 0 Å². The predicted molar refractivity (Wildman–Crippen MR) is 72.2 cm³/mol. The second-order valence-electron chi connectivity index (χ2n) is 5.24. The summed E-state index contributed by atoms with van der Waals surface area (Å²) in [6.07, 6.45) is 4.87. The van der Waals surface area contributed by atoms with E-state index in [9.17, 15) is 5.11 Å². The molecule has 2 atom stereocenters. The zero-order chi connectivity index (χ0) is 13.0. The molecule has 0 spiro atoms. The number of aromatic nitrogens is 1. The quantitative estimate of drug-likeness (QED) is 0.866. The van der Waals surface area contributed by atoms with Crippen LogP contribution in [-0.2, 0) is 6.54 Å². The van der Waals surface area contributed by atoms with Crippen molar-refractivity contribution in [3.05, 3.63) is 30.1 Å². The molecule has 2 heterocycles. The lowest BCUT2D eigenvalue weighted by atomic mass is 10.2. The maximum atomic E-state index is 9.51. The second-order valence-corrected chi connectivity index (χ2v) is 5.24. The highest BCUT2D eigenvalue weighted by atomic mass is 16.3. The van der Waals surface area contributed by atoms with Gasteiger partial charge in [-0.2, -0.15) is 0 Å². The Hall–Kier alpha value is -0.970. The Morgan fingerprint density at radius 3 is 3.00 bits per heavy atom. The van der Waals surface area contributed by atoms with Gasteiger partial charge in [-0.25, -0.2) is 0 Å². The summed E-state index contributed by atoms with van der Waals surface area (Å²) in [6.45, 7) is 5.38. The Bertz CT molecular complexity index is 357. The maximum Gasteiger partial charge on any atom is 0.0599 e. The van der Waals surface area contributed by atoms with Gasteiger partial charge in [-0.05, 0) is 32.0 Å². The van der Waals surface area contributed by atoms with Crippen LogP contribution in [0.2, 0.25) is 0 Å². The molecule has 0 radical (unpaired) electrons. The molecule has 1 aliphatic rings. The molecule has 100 valence electrons. The fourth-order valence-electron chi connectivity index (χ4n) is 2.53. The van der Waals surface area contributed by atoms with Crippen LogP contribution in [-0.4, -0.2) is 58.7 Å². The van der Waals surface area contributed by atoms with E-state index in [0.29, 0.717) is 6.04 Å². The Morgan fingerprint density at radius 1 is 1.50 bits per heavy atom. The molecule has 0 aromatic carbocycles. The smallest absolute Gasteiger partial charge is 0.0599 e. The van der Waals surface area contributed by atoms with E-state index in [1.165, 1.54) is 5.56 Å². The standard InChI is InChI=1S/C14H23N3O/c1-12-5-7-17(10-14(11-18)16(12)2)9-13-4-3-6-15-8-13/h3-4,6,8,12,14,18H,5,7,9-11H2,1-2H3. The molecule has 4 nitrogen and oxygen atoms in total. The SMILES string of the molecule is CC1CCN(Cc2cccnc2)CC(CO)N1C. The summed E-state index contributed by atoms with van der Waals surface area (Å²) in [5.41, 5.74) is 1.24. The van der Waals surface area contributed by atoms with Gasteiger partial charge in [0, 0.05) is 44.1 Å². The number of hydrogen-bond donors (Lipinski definition) is 1. The normalized spacial score (nSPS) is 27.1. The number of aliphatic hydroxyl groups excluding tert-OH is 1. The van der Waals surface area contributed by atoms with Gasteiger partial charge in [-0.3, -0.25) is 14.8 Å². The average Bonchev–Trinajstić information content (AvgIpc) is 2.53. The summed E-state index contributed by atoms with van der Waals surface area (Å²) in [5.74, 6) is 0. The molecule has 2 rings (SSSR count). The van der Waals surface area contributed by atoms with E-state index in [2.05, 4.69) is 34.8 Å². The van der Waals surface area contributed by atoms with Gasteiger partial charge in [0.25, 0.3) is 0 Å². The van der Waals surface area contributed by atoms with E-state index in [1.807, 2.05) is 12.3 Å². The fraction of sp³-hybridized carbons (Fsp3) is 0.643. The third kappa shape index (κ3) is 3.28. The highest BCUT2D eigenvalue weighted by Gasteiger charge is 2.25. The zero-order valence-electron chi connectivity index (χ0n) is 11.3. The first kappa shape index (κ1) is 13.5. The summed E-state index contributed by atoms with van der Waals surface area (Å²) in [5, 5.41) is 9.51. The van der Waals surface area contributed by atoms with E-state index in [4.69, 9.17) is 0 Å². The number of hydrogen-bond acceptors (Lipinski definition) is 4. The number of aliphatic hydroxyl groups is 1. The van der Waals surface area contributed by atoms with Crippen LogP contribution in [0.4, 0.5) is 0 Å². The fourth-order valence-corrected chi connectivity index (χ4v) is 2.53. The molecule has 1 aromatic rings. The van der Waals surface area contributed by atoms with Crippen molar-refractivity contribution in [2.75, 3.05) is 26.7 Å². The molecular weight excluding hydrogens is 226 g/mol. The first-order valence-corrected chi connectivity index (χ1v) is 6.64.